The first-order chi connectivity index (χ1) is 9.92. The van der Waals surface area contributed by atoms with Crippen LogP contribution in [0, 0.1) is 6.07 Å². The molecule has 3 nitrogen and oxygen atoms in total. The molecule has 4 heteroatoms. The van der Waals surface area contributed by atoms with E-state index in [4.69, 9.17) is 15.2 Å². The fourth-order valence-corrected chi connectivity index (χ4v) is 1.98. The third-order valence-corrected chi connectivity index (χ3v) is 2.86. The predicted molar refractivity (Wildman–Crippen MR) is 80.2 cm³/mol. The van der Waals surface area contributed by atoms with Gasteiger partial charge >= 0.3 is 32.7 Å². The smallest absolute Gasteiger partial charge is 0.675 e. The molecule has 0 aromatic heterocycles. The summed E-state index contributed by atoms with van der Waals surface area (Å²) < 4.78 is 11.0. The van der Waals surface area contributed by atoms with Crippen LogP contribution in [0.1, 0.15) is 12.0 Å². The van der Waals surface area contributed by atoms with Crippen molar-refractivity contribution in [3.63, 3.8) is 0 Å². The molecule has 0 bridgehead atoms. The van der Waals surface area contributed by atoms with E-state index in [1.165, 1.54) is 5.56 Å². The molecule has 1 heterocycles. The molecule has 2 aromatic carbocycles. The van der Waals surface area contributed by atoms with Crippen LogP contribution in [0.2, 0.25) is 0 Å². The number of fused-ring (bicyclic) bond motifs is 1. The largest absolute Gasteiger partial charge is 3.00 e. The maximum atomic E-state index is 7.03. The number of benzene rings is 2. The molecule has 1 N–H and O–H groups in total. The molecule has 1 aliphatic heterocycles. The zero-order valence-electron chi connectivity index (χ0n) is 12.0. The maximum Gasteiger partial charge on any atom is 3.00 e. The Labute approximate surface area is 151 Å². The van der Waals surface area contributed by atoms with Gasteiger partial charge in [-0.15, -0.1) is 6.54 Å². The minimum atomic E-state index is 0. The minimum Gasteiger partial charge on any atom is -0.675 e. The molecule has 0 fully saturated rings. The molecule has 0 unspecified atom stereocenters. The Morgan fingerprint density at radius 1 is 1.14 bits per heavy atom. The van der Waals surface area contributed by atoms with Crippen molar-refractivity contribution in [1.29, 1.82) is 0 Å². The van der Waals surface area contributed by atoms with Gasteiger partial charge in [-0.2, -0.15) is 36.4 Å². The van der Waals surface area contributed by atoms with E-state index in [9.17, 15) is 0 Å². The third-order valence-electron chi connectivity index (χ3n) is 2.86. The predicted octanol–water partition coefficient (Wildman–Crippen LogP) is 3.93. The molecule has 3 rings (SSSR count). The van der Waals surface area contributed by atoms with Gasteiger partial charge in [0.25, 0.3) is 0 Å². The van der Waals surface area contributed by atoms with Crippen molar-refractivity contribution in [3.8, 4) is 11.5 Å². The minimum absolute atomic E-state index is 0. The van der Waals surface area contributed by atoms with Gasteiger partial charge in [0, 0.05) is 0 Å². The second kappa shape index (κ2) is 10.8. The van der Waals surface area contributed by atoms with Crippen LogP contribution in [0.5, 0.6) is 11.5 Å². The Morgan fingerprint density at radius 2 is 1.95 bits per heavy atom. The van der Waals surface area contributed by atoms with E-state index in [1.807, 2.05) is 42.5 Å². The Balaban J connectivity index is 0.000000267. The van der Waals surface area contributed by atoms with Crippen LogP contribution in [0.15, 0.2) is 48.5 Å². The van der Waals surface area contributed by atoms with Gasteiger partial charge in [0.05, 0.1) is 13.2 Å². The summed E-state index contributed by atoms with van der Waals surface area (Å²) in [5.41, 5.74) is 8.25. The molecular formula is C17H19NO2Y+. The summed E-state index contributed by atoms with van der Waals surface area (Å²) in [4.78, 5) is 0. The SMILES string of the molecule is [NH-]CCOc1cccc2c1OCCC2.[Y+3].[c-]1ccccc1. The first kappa shape index (κ1) is 18.2. The van der Waals surface area contributed by atoms with Crippen molar-refractivity contribution < 1.29 is 42.2 Å². The summed E-state index contributed by atoms with van der Waals surface area (Å²) in [6.45, 7) is 1.48. The van der Waals surface area contributed by atoms with Gasteiger partial charge < -0.3 is 15.2 Å². The fourth-order valence-electron chi connectivity index (χ4n) is 1.98. The molecule has 0 aliphatic carbocycles. The molecule has 0 saturated carbocycles. The van der Waals surface area contributed by atoms with Crippen molar-refractivity contribution in [2.24, 2.45) is 0 Å². The molecule has 1 aliphatic rings. The summed E-state index contributed by atoms with van der Waals surface area (Å²) in [6.07, 6.45) is 2.14. The van der Waals surface area contributed by atoms with Crippen molar-refractivity contribution in [2.75, 3.05) is 19.8 Å². The number of aryl methyl sites for hydroxylation is 1. The molecule has 0 atom stereocenters. The standard InChI is InChI=1S/C11H14NO2.C6H5.Y/c12-6-8-13-10-5-1-3-9-4-2-7-14-11(9)10;1-2-4-6-5-3-1;/h1,3,5,12H,2,4,6-8H2;1-5H;/q2*-1;+3. The Morgan fingerprint density at radius 3 is 2.57 bits per heavy atom. The van der Waals surface area contributed by atoms with Crippen molar-refractivity contribution in [1.82, 2.24) is 0 Å². The van der Waals surface area contributed by atoms with Crippen LogP contribution in [-0.4, -0.2) is 19.8 Å². The number of para-hydroxylation sites is 1. The van der Waals surface area contributed by atoms with Crippen LogP contribution in [-0.2, 0) is 39.1 Å². The van der Waals surface area contributed by atoms with Gasteiger partial charge in [-0.25, -0.2) is 0 Å². The molecule has 21 heavy (non-hydrogen) atoms. The van der Waals surface area contributed by atoms with E-state index in [0.717, 1.165) is 30.9 Å². The summed E-state index contributed by atoms with van der Waals surface area (Å²) in [6, 6.07) is 18.5. The summed E-state index contributed by atoms with van der Waals surface area (Å²) in [5.74, 6) is 1.67. The van der Waals surface area contributed by atoms with E-state index >= 15 is 0 Å². The molecule has 0 amide bonds. The van der Waals surface area contributed by atoms with Crippen molar-refractivity contribution in [3.05, 3.63) is 65.9 Å². The zero-order chi connectivity index (χ0) is 14.0. The van der Waals surface area contributed by atoms with Gasteiger partial charge in [0.2, 0.25) is 0 Å². The first-order valence-electron chi connectivity index (χ1n) is 6.85. The molecule has 2 aromatic rings. The maximum absolute atomic E-state index is 7.03. The second-order valence-corrected chi connectivity index (χ2v) is 4.37. The molecular weight excluding hydrogens is 339 g/mol. The quantitative estimate of drug-likeness (QED) is 0.781. The number of ether oxygens (including phenoxy) is 2. The summed E-state index contributed by atoms with van der Waals surface area (Å²) in [5, 5.41) is 0. The Kier molecular flexibility index (Phi) is 9.32. The topological polar surface area (TPSA) is 42.3 Å². The Hall–Kier alpha value is -0.896. The van der Waals surface area contributed by atoms with Crippen LogP contribution < -0.4 is 9.47 Å². The van der Waals surface area contributed by atoms with Crippen LogP contribution >= 0.6 is 0 Å². The van der Waals surface area contributed by atoms with Crippen LogP contribution in [0.3, 0.4) is 0 Å². The van der Waals surface area contributed by atoms with Gasteiger partial charge in [-0.3, -0.25) is 0 Å². The zero-order valence-corrected chi connectivity index (χ0v) is 14.9. The molecule has 0 spiro atoms. The molecule has 0 saturated heterocycles. The van der Waals surface area contributed by atoms with Gasteiger partial charge in [-0.1, -0.05) is 12.1 Å². The number of hydrogen-bond acceptors (Lipinski definition) is 2. The molecule has 0 radical (unpaired) electrons. The van der Waals surface area contributed by atoms with E-state index < -0.39 is 0 Å². The van der Waals surface area contributed by atoms with E-state index in [1.54, 1.807) is 0 Å². The third kappa shape index (κ3) is 6.17. The summed E-state index contributed by atoms with van der Waals surface area (Å²) in [7, 11) is 0. The van der Waals surface area contributed by atoms with E-state index in [-0.39, 0.29) is 39.3 Å². The normalized spacial score (nSPS) is 11.9. The van der Waals surface area contributed by atoms with Crippen molar-refractivity contribution in [2.45, 2.75) is 12.8 Å². The summed E-state index contributed by atoms with van der Waals surface area (Å²) >= 11 is 0. The Bertz CT molecular complexity index is 479. The van der Waals surface area contributed by atoms with Gasteiger partial charge in [0.15, 0.2) is 11.5 Å². The van der Waals surface area contributed by atoms with E-state index in [2.05, 4.69) is 12.1 Å². The number of hydrogen-bond donors (Lipinski definition) is 0. The second-order valence-electron chi connectivity index (χ2n) is 4.37. The monoisotopic (exact) mass is 358 g/mol. The van der Waals surface area contributed by atoms with E-state index in [0.29, 0.717) is 6.61 Å². The van der Waals surface area contributed by atoms with Crippen LogP contribution in [0.4, 0.5) is 0 Å². The fraction of sp³-hybridized carbons (Fsp3) is 0.294. The number of rotatable bonds is 3. The first-order valence-corrected chi connectivity index (χ1v) is 6.85. The van der Waals surface area contributed by atoms with Crippen molar-refractivity contribution >= 4 is 0 Å². The molecule has 106 valence electrons. The average molecular weight is 358 g/mol. The van der Waals surface area contributed by atoms with Gasteiger partial charge in [-0.05, 0) is 24.5 Å². The van der Waals surface area contributed by atoms with Gasteiger partial charge in [0.1, 0.15) is 0 Å². The average Bonchev–Trinajstić information content (AvgIpc) is 2.55. The van der Waals surface area contributed by atoms with Crippen LogP contribution in [0.25, 0.3) is 5.73 Å². The number of nitrogens with one attached hydrogen (secondary N) is 1.